The normalized spacial score (nSPS) is 11.9. The Hall–Kier alpha value is -1.13. The van der Waals surface area contributed by atoms with E-state index in [0.29, 0.717) is 11.6 Å². The second-order valence-electron chi connectivity index (χ2n) is 3.94. The molecule has 3 nitrogen and oxygen atoms in total. The maximum Gasteiger partial charge on any atom is 0.232 e. The van der Waals surface area contributed by atoms with Crippen LogP contribution in [0, 0.1) is 5.92 Å². The Morgan fingerprint density at radius 1 is 1.47 bits per heavy atom. The summed E-state index contributed by atoms with van der Waals surface area (Å²) in [6.07, 6.45) is 0. The van der Waals surface area contributed by atoms with E-state index in [1.807, 2.05) is 12.1 Å². The number of carbonyl (C=O) groups excluding carboxylic acids is 1. The first kappa shape index (κ1) is 13.9. The smallest absolute Gasteiger partial charge is 0.232 e. The lowest BCUT2D eigenvalue weighted by molar-refractivity contribution is -0.132. The fourth-order valence-electron chi connectivity index (χ4n) is 1.39. The highest BCUT2D eigenvalue weighted by molar-refractivity contribution is 7.80. The zero-order valence-electron chi connectivity index (χ0n) is 9.81. The summed E-state index contributed by atoms with van der Waals surface area (Å²) in [5.74, 6) is -0.505. The Balaban J connectivity index is 2.66. The zero-order chi connectivity index (χ0) is 13.0. The van der Waals surface area contributed by atoms with Crippen LogP contribution < -0.4 is 5.73 Å². The van der Waals surface area contributed by atoms with E-state index < -0.39 is 5.92 Å². The maximum absolute atomic E-state index is 11.9. The van der Waals surface area contributed by atoms with Crippen molar-refractivity contribution >= 4 is 34.7 Å². The summed E-state index contributed by atoms with van der Waals surface area (Å²) in [5, 5.41) is 0.680. The van der Waals surface area contributed by atoms with Crippen LogP contribution >= 0.6 is 23.8 Å². The van der Waals surface area contributed by atoms with Crippen molar-refractivity contribution in [3.05, 3.63) is 34.9 Å². The van der Waals surface area contributed by atoms with Crippen LogP contribution in [0.2, 0.25) is 5.02 Å². The molecule has 2 N–H and O–H groups in total. The molecule has 1 aromatic carbocycles. The van der Waals surface area contributed by atoms with Gasteiger partial charge in [0, 0.05) is 18.6 Å². The van der Waals surface area contributed by atoms with Gasteiger partial charge in [-0.25, -0.2) is 0 Å². The molecule has 0 bridgehead atoms. The van der Waals surface area contributed by atoms with Crippen molar-refractivity contribution in [2.24, 2.45) is 11.7 Å². The number of hydrogen-bond acceptors (Lipinski definition) is 2. The van der Waals surface area contributed by atoms with E-state index in [1.165, 1.54) is 0 Å². The highest BCUT2D eigenvalue weighted by Crippen LogP contribution is 2.12. The van der Waals surface area contributed by atoms with E-state index in [4.69, 9.17) is 29.6 Å². The largest absolute Gasteiger partial charge is 0.393 e. The number of amides is 1. The lowest BCUT2D eigenvalue weighted by Crippen LogP contribution is -2.37. The molecule has 1 unspecified atom stereocenters. The van der Waals surface area contributed by atoms with Crippen LogP contribution in [-0.2, 0) is 11.3 Å². The molecule has 92 valence electrons. The summed E-state index contributed by atoms with van der Waals surface area (Å²) in [5.41, 5.74) is 6.47. The van der Waals surface area contributed by atoms with Crippen LogP contribution in [0.3, 0.4) is 0 Å². The van der Waals surface area contributed by atoms with Crippen LogP contribution in [0.1, 0.15) is 12.5 Å². The molecule has 0 aliphatic heterocycles. The van der Waals surface area contributed by atoms with Crippen LogP contribution in [0.5, 0.6) is 0 Å². The summed E-state index contributed by atoms with van der Waals surface area (Å²) >= 11 is 10.6. The first-order chi connectivity index (χ1) is 7.91. The van der Waals surface area contributed by atoms with Gasteiger partial charge in [0.1, 0.15) is 0 Å². The number of carbonyl (C=O) groups is 1. The van der Waals surface area contributed by atoms with Crippen molar-refractivity contribution in [2.75, 3.05) is 7.05 Å². The van der Waals surface area contributed by atoms with Gasteiger partial charge in [-0.05, 0) is 24.6 Å². The fraction of sp³-hybridized carbons (Fsp3) is 0.333. The molecule has 1 rings (SSSR count). The minimum Gasteiger partial charge on any atom is -0.393 e. The summed E-state index contributed by atoms with van der Waals surface area (Å²) in [6, 6.07) is 7.37. The van der Waals surface area contributed by atoms with Gasteiger partial charge in [0.25, 0.3) is 0 Å². The van der Waals surface area contributed by atoms with E-state index in [2.05, 4.69) is 0 Å². The Morgan fingerprint density at radius 3 is 2.47 bits per heavy atom. The molecule has 0 spiro atoms. The quantitative estimate of drug-likeness (QED) is 0.854. The molecule has 0 saturated carbocycles. The third-order valence-corrected chi connectivity index (χ3v) is 3.11. The number of nitrogens with two attached hydrogens (primary N) is 1. The Morgan fingerprint density at radius 2 is 2.00 bits per heavy atom. The van der Waals surface area contributed by atoms with Gasteiger partial charge in [-0.3, -0.25) is 4.79 Å². The average Bonchev–Trinajstić information content (AvgIpc) is 2.30. The zero-order valence-corrected chi connectivity index (χ0v) is 11.4. The monoisotopic (exact) mass is 270 g/mol. The molecular weight excluding hydrogens is 256 g/mol. The van der Waals surface area contributed by atoms with Crippen molar-refractivity contribution in [3.8, 4) is 0 Å². The van der Waals surface area contributed by atoms with Crippen molar-refractivity contribution < 1.29 is 4.79 Å². The van der Waals surface area contributed by atoms with Gasteiger partial charge >= 0.3 is 0 Å². The minimum absolute atomic E-state index is 0.0764. The van der Waals surface area contributed by atoms with Gasteiger partial charge in [-0.2, -0.15) is 0 Å². The molecule has 0 fully saturated rings. The third kappa shape index (κ3) is 3.98. The Kier molecular flexibility index (Phi) is 4.90. The molecule has 0 aliphatic carbocycles. The van der Waals surface area contributed by atoms with Gasteiger partial charge < -0.3 is 10.6 Å². The topological polar surface area (TPSA) is 46.3 Å². The summed E-state index contributed by atoms with van der Waals surface area (Å²) in [4.78, 5) is 13.7. The standard InChI is InChI=1S/C12H15ClN2OS/c1-8(11(14)17)12(16)15(2)7-9-3-5-10(13)6-4-9/h3-6,8H,7H2,1-2H3,(H2,14,17). The lowest BCUT2D eigenvalue weighted by Gasteiger charge is -2.20. The van der Waals surface area contributed by atoms with Crippen LogP contribution in [0.4, 0.5) is 0 Å². The molecular formula is C12H15ClN2OS. The number of thiocarbonyl (C=S) groups is 1. The first-order valence-corrected chi connectivity index (χ1v) is 5.99. The molecule has 0 radical (unpaired) electrons. The van der Waals surface area contributed by atoms with Gasteiger partial charge in [0.2, 0.25) is 5.91 Å². The third-order valence-electron chi connectivity index (χ3n) is 2.51. The lowest BCUT2D eigenvalue weighted by atomic mass is 10.1. The van der Waals surface area contributed by atoms with Crippen molar-refractivity contribution in [2.45, 2.75) is 13.5 Å². The van der Waals surface area contributed by atoms with Gasteiger partial charge in [-0.15, -0.1) is 0 Å². The molecule has 17 heavy (non-hydrogen) atoms. The van der Waals surface area contributed by atoms with Crippen LogP contribution in [0.15, 0.2) is 24.3 Å². The molecule has 1 atom stereocenters. The predicted octanol–water partition coefficient (Wildman–Crippen LogP) is 2.22. The molecule has 1 aromatic rings. The highest BCUT2D eigenvalue weighted by atomic mass is 35.5. The number of benzene rings is 1. The van der Waals surface area contributed by atoms with Crippen molar-refractivity contribution in [1.82, 2.24) is 4.90 Å². The van der Waals surface area contributed by atoms with E-state index >= 15 is 0 Å². The Bertz CT molecular complexity index is 419. The fourth-order valence-corrected chi connectivity index (χ4v) is 1.62. The van der Waals surface area contributed by atoms with Crippen molar-refractivity contribution in [3.63, 3.8) is 0 Å². The Labute approximate surface area is 112 Å². The van der Waals surface area contributed by atoms with Crippen LogP contribution in [-0.4, -0.2) is 22.8 Å². The second-order valence-corrected chi connectivity index (χ2v) is 4.85. The minimum atomic E-state index is -0.428. The second kappa shape index (κ2) is 5.98. The number of rotatable bonds is 4. The summed E-state index contributed by atoms with van der Waals surface area (Å²) in [6.45, 7) is 2.23. The molecule has 5 heteroatoms. The molecule has 0 saturated heterocycles. The van der Waals surface area contributed by atoms with Gasteiger partial charge in [0.15, 0.2) is 0 Å². The highest BCUT2D eigenvalue weighted by Gasteiger charge is 2.19. The number of halogens is 1. The molecule has 0 aliphatic rings. The molecule has 0 aromatic heterocycles. The number of hydrogen-bond donors (Lipinski definition) is 1. The van der Waals surface area contributed by atoms with E-state index in [1.54, 1.807) is 31.0 Å². The summed E-state index contributed by atoms with van der Waals surface area (Å²) < 4.78 is 0. The van der Waals surface area contributed by atoms with E-state index in [0.717, 1.165) is 5.56 Å². The van der Waals surface area contributed by atoms with Crippen LogP contribution in [0.25, 0.3) is 0 Å². The summed E-state index contributed by atoms with van der Waals surface area (Å²) in [7, 11) is 1.73. The van der Waals surface area contributed by atoms with E-state index in [9.17, 15) is 4.79 Å². The maximum atomic E-state index is 11.9. The predicted molar refractivity (Wildman–Crippen MR) is 73.9 cm³/mol. The van der Waals surface area contributed by atoms with Gasteiger partial charge in [0.05, 0.1) is 10.9 Å². The first-order valence-electron chi connectivity index (χ1n) is 5.20. The molecule has 1 amide bonds. The van der Waals surface area contributed by atoms with Gasteiger partial charge in [-0.1, -0.05) is 36.0 Å². The van der Waals surface area contributed by atoms with E-state index in [-0.39, 0.29) is 10.9 Å². The number of nitrogens with zero attached hydrogens (tertiary/aromatic N) is 1. The molecule has 0 heterocycles. The average molecular weight is 271 g/mol. The van der Waals surface area contributed by atoms with Crippen molar-refractivity contribution in [1.29, 1.82) is 0 Å². The SMILES string of the molecule is CC(C(=O)N(C)Cc1ccc(Cl)cc1)C(N)=S.